The zero-order chi connectivity index (χ0) is 22.8. The Kier molecular flexibility index (Phi) is 6.84. The number of fused-ring (bicyclic) bond motifs is 1. The van der Waals surface area contributed by atoms with Crippen molar-refractivity contribution in [3.05, 3.63) is 53.6 Å². The van der Waals surface area contributed by atoms with Gasteiger partial charge in [0, 0.05) is 36.8 Å². The molecule has 1 heterocycles. The van der Waals surface area contributed by atoms with E-state index in [1.54, 1.807) is 28.0 Å². The molecule has 1 aliphatic heterocycles. The average molecular weight is 443 g/mol. The molecule has 0 N–H and O–H groups in total. The van der Waals surface area contributed by atoms with Gasteiger partial charge in [-0.15, -0.1) is 0 Å². The van der Waals surface area contributed by atoms with Crippen molar-refractivity contribution in [3.63, 3.8) is 0 Å². The van der Waals surface area contributed by atoms with Gasteiger partial charge in [0.25, 0.3) is 0 Å². The molecule has 0 spiro atoms. The third kappa shape index (κ3) is 4.82. The van der Waals surface area contributed by atoms with Crippen molar-refractivity contribution in [3.8, 4) is 0 Å². The van der Waals surface area contributed by atoms with E-state index in [1.807, 2.05) is 52.0 Å². The van der Waals surface area contributed by atoms with Crippen molar-refractivity contribution < 1.29 is 18.0 Å². The summed E-state index contributed by atoms with van der Waals surface area (Å²) in [5.41, 5.74) is 3.46. The lowest BCUT2D eigenvalue weighted by molar-refractivity contribution is -0.119. The van der Waals surface area contributed by atoms with Gasteiger partial charge in [-0.2, -0.15) is 0 Å². The zero-order valence-corrected chi connectivity index (χ0v) is 19.4. The highest BCUT2D eigenvalue weighted by Crippen LogP contribution is 2.34. The fraction of sp³-hybridized carbons (Fsp3) is 0.417. The van der Waals surface area contributed by atoms with Crippen LogP contribution < -0.4 is 9.80 Å². The molecule has 3 rings (SSSR count). The van der Waals surface area contributed by atoms with E-state index >= 15 is 0 Å². The SMILES string of the molecule is CCC(=O)N1c2ccc(S(=O)(=O)CCC(=O)N(CC)c3cccc(C)c3)cc2CC1C. The standard InChI is InChI=1S/C24H30N2O4S/c1-5-23(27)26-18(4)15-19-16-21(10-11-22(19)26)31(29,30)13-12-24(28)25(6-2)20-9-7-8-17(3)14-20/h7-11,14,16,18H,5-6,12-13,15H2,1-4H3. The highest BCUT2D eigenvalue weighted by molar-refractivity contribution is 7.91. The number of carbonyl (C=O) groups excluding carboxylic acids is 2. The van der Waals surface area contributed by atoms with E-state index < -0.39 is 9.84 Å². The monoisotopic (exact) mass is 442 g/mol. The van der Waals surface area contributed by atoms with Crippen LogP contribution in [0.5, 0.6) is 0 Å². The van der Waals surface area contributed by atoms with Crippen LogP contribution in [-0.2, 0) is 25.8 Å². The molecule has 0 bridgehead atoms. The van der Waals surface area contributed by atoms with Gasteiger partial charge in [-0.1, -0.05) is 19.1 Å². The third-order valence-corrected chi connectivity index (χ3v) is 7.43. The molecule has 0 radical (unpaired) electrons. The Morgan fingerprint density at radius 3 is 2.52 bits per heavy atom. The van der Waals surface area contributed by atoms with Crippen molar-refractivity contribution in [1.82, 2.24) is 0 Å². The van der Waals surface area contributed by atoms with Crippen molar-refractivity contribution in [2.45, 2.75) is 57.9 Å². The largest absolute Gasteiger partial charge is 0.313 e. The lowest BCUT2D eigenvalue weighted by Gasteiger charge is -2.22. The van der Waals surface area contributed by atoms with Gasteiger partial charge >= 0.3 is 0 Å². The van der Waals surface area contributed by atoms with E-state index in [2.05, 4.69) is 0 Å². The van der Waals surface area contributed by atoms with E-state index in [0.29, 0.717) is 19.4 Å². The molecule has 6 nitrogen and oxygen atoms in total. The molecule has 2 aromatic carbocycles. The van der Waals surface area contributed by atoms with Crippen LogP contribution in [0.4, 0.5) is 11.4 Å². The molecule has 1 aliphatic rings. The summed E-state index contributed by atoms with van der Waals surface area (Å²) < 4.78 is 25.9. The third-order valence-electron chi connectivity index (χ3n) is 5.71. The maximum Gasteiger partial charge on any atom is 0.228 e. The van der Waals surface area contributed by atoms with Gasteiger partial charge in [0.15, 0.2) is 9.84 Å². The molecule has 0 aromatic heterocycles. The fourth-order valence-corrected chi connectivity index (χ4v) is 5.40. The molecule has 2 aromatic rings. The number of hydrogen-bond acceptors (Lipinski definition) is 4. The maximum absolute atomic E-state index is 12.9. The first-order valence-corrected chi connectivity index (χ1v) is 12.4. The van der Waals surface area contributed by atoms with E-state index in [0.717, 1.165) is 22.5 Å². The van der Waals surface area contributed by atoms with Crippen molar-refractivity contribution >= 4 is 33.0 Å². The topological polar surface area (TPSA) is 74.8 Å². The van der Waals surface area contributed by atoms with Gasteiger partial charge < -0.3 is 9.80 Å². The zero-order valence-electron chi connectivity index (χ0n) is 18.6. The smallest absolute Gasteiger partial charge is 0.228 e. The van der Waals surface area contributed by atoms with Gasteiger partial charge in [-0.25, -0.2) is 8.42 Å². The van der Waals surface area contributed by atoms with Crippen molar-refractivity contribution in [2.75, 3.05) is 22.1 Å². The first kappa shape index (κ1) is 23.0. The molecule has 166 valence electrons. The fourth-order valence-electron chi connectivity index (χ4n) is 4.12. The Bertz CT molecular complexity index is 1090. The van der Waals surface area contributed by atoms with Gasteiger partial charge in [0.05, 0.1) is 10.6 Å². The Labute approximate surface area is 184 Å². The summed E-state index contributed by atoms with van der Waals surface area (Å²) in [4.78, 5) is 28.6. The summed E-state index contributed by atoms with van der Waals surface area (Å²) in [6.07, 6.45) is 0.944. The van der Waals surface area contributed by atoms with Gasteiger partial charge in [-0.05, 0) is 68.7 Å². The second-order valence-electron chi connectivity index (χ2n) is 8.01. The highest BCUT2D eigenvalue weighted by atomic mass is 32.2. The second-order valence-corrected chi connectivity index (χ2v) is 10.1. The summed E-state index contributed by atoms with van der Waals surface area (Å²) in [5.74, 6) is -0.436. The van der Waals surface area contributed by atoms with Crippen molar-refractivity contribution in [2.24, 2.45) is 0 Å². The normalized spacial score (nSPS) is 15.6. The highest BCUT2D eigenvalue weighted by Gasteiger charge is 2.31. The van der Waals surface area contributed by atoms with Crippen LogP contribution in [0.15, 0.2) is 47.4 Å². The van der Waals surface area contributed by atoms with Crippen LogP contribution >= 0.6 is 0 Å². The number of amides is 2. The summed E-state index contributed by atoms with van der Waals surface area (Å²) >= 11 is 0. The molecule has 7 heteroatoms. The molecule has 1 atom stereocenters. The molecule has 0 fully saturated rings. The van der Waals surface area contributed by atoms with Crippen molar-refractivity contribution in [1.29, 1.82) is 0 Å². The predicted molar refractivity (Wildman–Crippen MR) is 123 cm³/mol. The first-order chi connectivity index (χ1) is 14.7. The Morgan fingerprint density at radius 1 is 1.13 bits per heavy atom. The second kappa shape index (κ2) is 9.22. The molecule has 2 amide bonds. The van der Waals surface area contributed by atoms with Crippen LogP contribution in [0.2, 0.25) is 0 Å². The number of benzene rings is 2. The predicted octanol–water partition coefficient (Wildman–Crippen LogP) is 3.90. The molecular formula is C24H30N2O4S. The van der Waals surface area contributed by atoms with Crippen LogP contribution in [0.25, 0.3) is 0 Å². The first-order valence-electron chi connectivity index (χ1n) is 10.7. The summed E-state index contributed by atoms with van der Waals surface area (Å²) in [5, 5.41) is 0. The number of anilines is 2. The number of nitrogens with zero attached hydrogens (tertiary/aromatic N) is 2. The molecule has 0 aliphatic carbocycles. The number of sulfone groups is 1. The lowest BCUT2D eigenvalue weighted by atomic mass is 10.1. The summed E-state index contributed by atoms with van der Waals surface area (Å²) in [6, 6.07) is 12.5. The van der Waals surface area contributed by atoms with Crippen LogP contribution in [-0.4, -0.2) is 38.6 Å². The Hall–Kier alpha value is -2.67. The summed E-state index contributed by atoms with van der Waals surface area (Å²) in [7, 11) is -3.62. The molecule has 0 saturated carbocycles. The molecule has 31 heavy (non-hydrogen) atoms. The molecule has 1 unspecified atom stereocenters. The molecular weight excluding hydrogens is 412 g/mol. The number of rotatable bonds is 7. The van der Waals surface area contributed by atoms with E-state index in [1.165, 1.54) is 0 Å². The van der Waals surface area contributed by atoms with Crippen LogP contribution in [0.3, 0.4) is 0 Å². The summed E-state index contributed by atoms with van der Waals surface area (Å²) in [6.45, 7) is 8.08. The van der Waals surface area contributed by atoms with E-state index in [4.69, 9.17) is 0 Å². The van der Waals surface area contributed by atoms with Crippen LogP contribution in [0, 0.1) is 6.92 Å². The minimum atomic E-state index is -3.62. The van der Waals surface area contributed by atoms with Gasteiger partial charge in [0.2, 0.25) is 11.8 Å². The molecule has 0 saturated heterocycles. The average Bonchev–Trinajstić information content (AvgIpc) is 3.07. The Morgan fingerprint density at radius 2 is 1.87 bits per heavy atom. The quantitative estimate of drug-likeness (QED) is 0.652. The van der Waals surface area contributed by atoms with Crippen LogP contribution in [0.1, 0.15) is 44.7 Å². The maximum atomic E-state index is 12.9. The number of hydrogen-bond donors (Lipinski definition) is 0. The number of aryl methyl sites for hydroxylation is 1. The number of carbonyl (C=O) groups is 2. The van der Waals surface area contributed by atoms with E-state index in [9.17, 15) is 18.0 Å². The van der Waals surface area contributed by atoms with Gasteiger partial charge in [0.1, 0.15) is 0 Å². The lowest BCUT2D eigenvalue weighted by Crippen LogP contribution is -2.35. The van der Waals surface area contributed by atoms with Gasteiger partial charge in [-0.3, -0.25) is 9.59 Å². The minimum absolute atomic E-state index is 0.00873. The Balaban J connectivity index is 1.75. The van der Waals surface area contributed by atoms with E-state index in [-0.39, 0.29) is 34.9 Å². The minimum Gasteiger partial charge on any atom is -0.313 e.